The maximum absolute atomic E-state index is 5.82. The van der Waals surface area contributed by atoms with Crippen LogP contribution in [0.3, 0.4) is 0 Å². The Hall–Kier alpha value is -1.42. The lowest BCUT2D eigenvalue weighted by molar-refractivity contribution is 0.0898. The van der Waals surface area contributed by atoms with Crippen LogP contribution in [0.2, 0.25) is 0 Å². The molecule has 18 heavy (non-hydrogen) atoms. The molecule has 1 saturated heterocycles. The molecule has 4 nitrogen and oxygen atoms in total. The van der Waals surface area contributed by atoms with Gasteiger partial charge in [0.2, 0.25) is 0 Å². The highest BCUT2D eigenvalue weighted by Gasteiger charge is 2.40. The molecule has 0 spiro atoms. The van der Waals surface area contributed by atoms with Gasteiger partial charge < -0.3 is 20.5 Å². The molecule has 2 fully saturated rings. The van der Waals surface area contributed by atoms with Crippen LogP contribution in [-0.4, -0.2) is 25.9 Å². The summed E-state index contributed by atoms with van der Waals surface area (Å²) in [5, 5.41) is 3.55. The Labute approximate surface area is 107 Å². The van der Waals surface area contributed by atoms with E-state index in [0.29, 0.717) is 17.8 Å². The predicted octanol–water partition coefficient (Wildman–Crippen LogP) is 2.26. The van der Waals surface area contributed by atoms with E-state index < -0.39 is 0 Å². The molecule has 2 unspecified atom stereocenters. The summed E-state index contributed by atoms with van der Waals surface area (Å²) < 4.78 is 11.1. The summed E-state index contributed by atoms with van der Waals surface area (Å²) in [5.41, 5.74) is 7.54. The van der Waals surface area contributed by atoms with Crippen LogP contribution in [0.1, 0.15) is 19.3 Å². The van der Waals surface area contributed by atoms with Gasteiger partial charge in [-0.05, 0) is 37.3 Å². The normalized spacial score (nSPS) is 27.2. The third kappa shape index (κ3) is 2.25. The van der Waals surface area contributed by atoms with Crippen molar-refractivity contribution < 1.29 is 9.47 Å². The number of hydrogen-bond donors (Lipinski definition) is 2. The fourth-order valence-corrected chi connectivity index (χ4v) is 2.67. The molecule has 2 atom stereocenters. The molecular weight excluding hydrogens is 228 g/mol. The van der Waals surface area contributed by atoms with Crippen molar-refractivity contribution in [2.45, 2.75) is 31.4 Å². The summed E-state index contributed by atoms with van der Waals surface area (Å²) in [7, 11) is 1.64. The van der Waals surface area contributed by atoms with Crippen molar-refractivity contribution in [2.75, 3.05) is 24.8 Å². The van der Waals surface area contributed by atoms with E-state index in [9.17, 15) is 0 Å². The van der Waals surface area contributed by atoms with Crippen molar-refractivity contribution in [1.29, 1.82) is 0 Å². The highest BCUT2D eigenvalue weighted by molar-refractivity contribution is 5.61. The Bertz CT molecular complexity index is 432. The average Bonchev–Trinajstić information content (AvgIpc) is 3.12. The zero-order valence-electron chi connectivity index (χ0n) is 10.7. The summed E-state index contributed by atoms with van der Waals surface area (Å²) in [6.07, 6.45) is 4.09. The Morgan fingerprint density at radius 3 is 2.89 bits per heavy atom. The van der Waals surface area contributed by atoms with Crippen LogP contribution in [0, 0.1) is 5.92 Å². The maximum Gasteiger partial charge on any atom is 0.143 e. The number of nitrogens with two attached hydrogens (primary N) is 1. The molecule has 1 aliphatic heterocycles. The summed E-state index contributed by atoms with van der Waals surface area (Å²) in [5.74, 6) is 1.49. The third-order valence-corrected chi connectivity index (χ3v) is 3.81. The standard InChI is InChI=1S/C14H20N2O2/c1-17-13-8-10(4-5-11(13)15)16-12-6-7-18-14(12)9-2-3-9/h4-5,8-9,12,14,16H,2-3,6-7,15H2,1H3. The van der Waals surface area contributed by atoms with E-state index in [2.05, 4.69) is 5.32 Å². The summed E-state index contributed by atoms with van der Waals surface area (Å²) in [4.78, 5) is 0. The van der Waals surface area contributed by atoms with E-state index >= 15 is 0 Å². The lowest BCUT2D eigenvalue weighted by Gasteiger charge is -2.21. The molecule has 3 N–H and O–H groups in total. The second kappa shape index (κ2) is 4.69. The number of nitrogens with one attached hydrogen (secondary N) is 1. The van der Waals surface area contributed by atoms with Crippen molar-refractivity contribution in [1.82, 2.24) is 0 Å². The van der Waals surface area contributed by atoms with Gasteiger partial charge in [-0.15, -0.1) is 0 Å². The minimum atomic E-state index is 0.383. The Kier molecular flexibility index (Phi) is 3.04. The largest absolute Gasteiger partial charge is 0.495 e. The first-order valence-corrected chi connectivity index (χ1v) is 6.59. The first-order chi connectivity index (χ1) is 8.78. The molecule has 4 heteroatoms. The summed E-state index contributed by atoms with van der Waals surface area (Å²) in [6.45, 7) is 0.866. The van der Waals surface area contributed by atoms with Crippen LogP contribution < -0.4 is 15.8 Å². The monoisotopic (exact) mass is 248 g/mol. The van der Waals surface area contributed by atoms with Gasteiger partial charge >= 0.3 is 0 Å². The first-order valence-electron chi connectivity index (χ1n) is 6.59. The highest BCUT2D eigenvalue weighted by Crippen LogP contribution is 2.39. The molecule has 0 amide bonds. The van der Waals surface area contributed by atoms with Crippen LogP contribution >= 0.6 is 0 Å². The van der Waals surface area contributed by atoms with Gasteiger partial charge in [0, 0.05) is 18.4 Å². The smallest absolute Gasteiger partial charge is 0.143 e. The molecular formula is C14H20N2O2. The van der Waals surface area contributed by atoms with Gasteiger partial charge in [-0.1, -0.05) is 0 Å². The summed E-state index contributed by atoms with van der Waals surface area (Å²) in [6, 6.07) is 6.26. The van der Waals surface area contributed by atoms with Crippen molar-refractivity contribution >= 4 is 11.4 Å². The number of ether oxygens (including phenoxy) is 2. The second-order valence-corrected chi connectivity index (χ2v) is 5.17. The molecule has 1 aliphatic carbocycles. The van der Waals surface area contributed by atoms with Crippen molar-refractivity contribution in [3.63, 3.8) is 0 Å². The molecule has 98 valence electrons. The zero-order chi connectivity index (χ0) is 12.5. The molecule has 0 bridgehead atoms. The number of hydrogen-bond acceptors (Lipinski definition) is 4. The van der Waals surface area contributed by atoms with Crippen molar-refractivity contribution in [3.8, 4) is 5.75 Å². The van der Waals surface area contributed by atoms with Gasteiger partial charge in [0.25, 0.3) is 0 Å². The van der Waals surface area contributed by atoms with Gasteiger partial charge in [-0.3, -0.25) is 0 Å². The minimum Gasteiger partial charge on any atom is -0.495 e. The van der Waals surface area contributed by atoms with Gasteiger partial charge in [0.1, 0.15) is 5.75 Å². The van der Waals surface area contributed by atoms with Gasteiger partial charge in [-0.25, -0.2) is 0 Å². The van der Waals surface area contributed by atoms with Crippen LogP contribution in [0.4, 0.5) is 11.4 Å². The highest BCUT2D eigenvalue weighted by atomic mass is 16.5. The molecule has 3 rings (SSSR count). The number of rotatable bonds is 4. The van der Waals surface area contributed by atoms with E-state index in [-0.39, 0.29) is 0 Å². The first kappa shape index (κ1) is 11.7. The van der Waals surface area contributed by atoms with Crippen LogP contribution in [0.5, 0.6) is 5.75 Å². The van der Waals surface area contributed by atoms with Crippen molar-refractivity contribution in [3.05, 3.63) is 18.2 Å². The lowest BCUT2D eigenvalue weighted by Crippen LogP contribution is -2.30. The quantitative estimate of drug-likeness (QED) is 0.802. The predicted molar refractivity (Wildman–Crippen MR) is 71.9 cm³/mol. The Balaban J connectivity index is 1.71. The molecule has 0 aromatic heterocycles. The molecule has 1 aromatic carbocycles. The maximum atomic E-state index is 5.82. The molecule has 1 saturated carbocycles. The number of benzene rings is 1. The van der Waals surface area contributed by atoms with E-state index in [1.165, 1.54) is 12.8 Å². The van der Waals surface area contributed by atoms with Crippen LogP contribution in [0.25, 0.3) is 0 Å². The topological polar surface area (TPSA) is 56.5 Å². The zero-order valence-corrected chi connectivity index (χ0v) is 10.7. The molecule has 1 heterocycles. The summed E-state index contributed by atoms with van der Waals surface area (Å²) >= 11 is 0. The Morgan fingerprint density at radius 2 is 2.17 bits per heavy atom. The fraction of sp³-hybridized carbons (Fsp3) is 0.571. The van der Waals surface area contributed by atoms with Gasteiger partial charge in [0.15, 0.2) is 0 Å². The third-order valence-electron chi connectivity index (χ3n) is 3.81. The fourth-order valence-electron chi connectivity index (χ4n) is 2.67. The number of nitrogen functional groups attached to an aromatic ring is 1. The van der Waals surface area contributed by atoms with Gasteiger partial charge in [-0.2, -0.15) is 0 Å². The van der Waals surface area contributed by atoms with Crippen LogP contribution in [0.15, 0.2) is 18.2 Å². The molecule has 1 aromatic rings. The minimum absolute atomic E-state index is 0.383. The second-order valence-electron chi connectivity index (χ2n) is 5.17. The SMILES string of the molecule is COc1cc(NC2CCOC2C2CC2)ccc1N. The Morgan fingerprint density at radius 1 is 1.33 bits per heavy atom. The van der Waals surface area contributed by atoms with Gasteiger partial charge in [0.05, 0.1) is 24.9 Å². The number of anilines is 2. The van der Waals surface area contributed by atoms with E-state index in [1.807, 2.05) is 18.2 Å². The van der Waals surface area contributed by atoms with Crippen LogP contribution in [-0.2, 0) is 4.74 Å². The average molecular weight is 248 g/mol. The van der Waals surface area contributed by atoms with E-state index in [1.54, 1.807) is 7.11 Å². The van der Waals surface area contributed by atoms with E-state index in [0.717, 1.165) is 30.4 Å². The number of methoxy groups -OCH3 is 1. The molecule has 2 aliphatic rings. The lowest BCUT2D eigenvalue weighted by atomic mass is 10.1. The van der Waals surface area contributed by atoms with Crippen molar-refractivity contribution in [2.24, 2.45) is 5.92 Å². The van der Waals surface area contributed by atoms with E-state index in [4.69, 9.17) is 15.2 Å². The molecule has 0 radical (unpaired) electrons.